The number of aryl methyl sites for hydroxylation is 1. The normalized spacial score (nSPS) is 23.1. The summed E-state index contributed by atoms with van der Waals surface area (Å²) in [6.45, 7) is 5.05. The Bertz CT molecular complexity index is 444. The monoisotopic (exact) mass is 263 g/mol. The van der Waals surface area contributed by atoms with Crippen LogP contribution in [0.4, 0.5) is 0 Å². The van der Waals surface area contributed by atoms with Crippen molar-refractivity contribution in [3.63, 3.8) is 0 Å². The van der Waals surface area contributed by atoms with Crippen LogP contribution in [-0.4, -0.2) is 12.5 Å². The molecule has 18 heavy (non-hydrogen) atoms. The van der Waals surface area contributed by atoms with Gasteiger partial charge in [-0.25, -0.2) is 0 Å². The SMILES string of the molecule is Cc1ccc(S)cc1C(=O)NCC1CCC(C)C1. The predicted octanol–water partition coefficient (Wildman–Crippen LogP) is 3.45. The molecule has 2 atom stereocenters. The summed E-state index contributed by atoms with van der Waals surface area (Å²) in [6.07, 6.45) is 3.78. The first-order chi connectivity index (χ1) is 8.56. The van der Waals surface area contributed by atoms with Crippen LogP contribution in [0.25, 0.3) is 0 Å². The van der Waals surface area contributed by atoms with E-state index >= 15 is 0 Å². The van der Waals surface area contributed by atoms with Gasteiger partial charge in [0, 0.05) is 17.0 Å². The molecule has 1 saturated carbocycles. The molecule has 2 nitrogen and oxygen atoms in total. The Morgan fingerprint density at radius 3 is 2.89 bits per heavy atom. The van der Waals surface area contributed by atoms with Crippen molar-refractivity contribution in [1.82, 2.24) is 5.32 Å². The summed E-state index contributed by atoms with van der Waals surface area (Å²) in [4.78, 5) is 12.9. The highest BCUT2D eigenvalue weighted by molar-refractivity contribution is 7.80. The van der Waals surface area contributed by atoms with Crippen molar-refractivity contribution in [3.8, 4) is 0 Å². The first-order valence-corrected chi connectivity index (χ1v) is 7.09. The van der Waals surface area contributed by atoms with Gasteiger partial charge in [0.1, 0.15) is 0 Å². The predicted molar refractivity (Wildman–Crippen MR) is 77.3 cm³/mol. The van der Waals surface area contributed by atoms with E-state index in [0.717, 1.165) is 28.5 Å². The van der Waals surface area contributed by atoms with Gasteiger partial charge in [0.05, 0.1) is 0 Å². The third-order valence-electron chi connectivity index (χ3n) is 3.82. The quantitative estimate of drug-likeness (QED) is 0.804. The minimum atomic E-state index is 0.0305. The maximum atomic E-state index is 12.1. The van der Waals surface area contributed by atoms with E-state index in [1.54, 1.807) is 0 Å². The lowest BCUT2D eigenvalue weighted by Gasteiger charge is -2.12. The van der Waals surface area contributed by atoms with Gasteiger partial charge in [-0.05, 0) is 49.3 Å². The van der Waals surface area contributed by atoms with Crippen molar-refractivity contribution in [2.45, 2.75) is 38.0 Å². The lowest BCUT2D eigenvalue weighted by molar-refractivity contribution is 0.0946. The van der Waals surface area contributed by atoms with E-state index < -0.39 is 0 Å². The minimum Gasteiger partial charge on any atom is -0.352 e. The zero-order chi connectivity index (χ0) is 13.1. The summed E-state index contributed by atoms with van der Waals surface area (Å²) in [5, 5.41) is 3.06. The van der Waals surface area contributed by atoms with E-state index in [9.17, 15) is 4.79 Å². The van der Waals surface area contributed by atoms with Gasteiger partial charge >= 0.3 is 0 Å². The Labute approximate surface area is 115 Å². The molecule has 1 amide bonds. The molecule has 1 N–H and O–H groups in total. The zero-order valence-electron chi connectivity index (χ0n) is 11.1. The van der Waals surface area contributed by atoms with Gasteiger partial charge in [0.2, 0.25) is 0 Å². The van der Waals surface area contributed by atoms with Crippen LogP contribution in [0.5, 0.6) is 0 Å². The molecule has 0 spiro atoms. The van der Waals surface area contributed by atoms with E-state index in [1.807, 2.05) is 25.1 Å². The van der Waals surface area contributed by atoms with Crippen molar-refractivity contribution >= 4 is 18.5 Å². The van der Waals surface area contributed by atoms with Gasteiger partial charge in [0.25, 0.3) is 5.91 Å². The molecule has 0 heterocycles. The average Bonchev–Trinajstić information content (AvgIpc) is 2.75. The number of amides is 1. The highest BCUT2D eigenvalue weighted by atomic mass is 32.1. The molecule has 2 unspecified atom stereocenters. The first-order valence-electron chi connectivity index (χ1n) is 6.64. The number of carbonyl (C=O) groups excluding carboxylic acids is 1. The number of thiol groups is 1. The number of carbonyl (C=O) groups is 1. The molecular weight excluding hydrogens is 242 g/mol. The molecule has 0 radical (unpaired) electrons. The fourth-order valence-corrected chi connectivity index (χ4v) is 2.90. The van der Waals surface area contributed by atoms with Gasteiger partial charge < -0.3 is 5.32 Å². The molecular formula is C15H21NOS. The van der Waals surface area contributed by atoms with Crippen LogP contribution < -0.4 is 5.32 Å². The molecule has 1 aromatic carbocycles. The van der Waals surface area contributed by atoms with Crippen molar-refractivity contribution < 1.29 is 4.79 Å². The first kappa shape index (κ1) is 13.5. The van der Waals surface area contributed by atoms with Crippen molar-refractivity contribution in [1.29, 1.82) is 0 Å². The topological polar surface area (TPSA) is 29.1 Å². The number of nitrogens with one attached hydrogen (secondary N) is 1. The number of hydrogen-bond acceptors (Lipinski definition) is 2. The lowest BCUT2D eigenvalue weighted by atomic mass is 10.1. The third kappa shape index (κ3) is 3.29. The fourth-order valence-electron chi connectivity index (χ4n) is 2.70. The molecule has 98 valence electrons. The second kappa shape index (κ2) is 5.79. The second-order valence-corrected chi connectivity index (χ2v) is 6.01. The molecule has 1 aromatic rings. The third-order valence-corrected chi connectivity index (χ3v) is 4.10. The average molecular weight is 263 g/mol. The summed E-state index contributed by atoms with van der Waals surface area (Å²) in [5.74, 6) is 1.50. The van der Waals surface area contributed by atoms with Crippen LogP contribution >= 0.6 is 12.6 Å². The highest BCUT2D eigenvalue weighted by Gasteiger charge is 2.21. The minimum absolute atomic E-state index is 0.0305. The molecule has 0 bridgehead atoms. The van der Waals surface area contributed by atoms with Crippen LogP contribution in [-0.2, 0) is 0 Å². The fraction of sp³-hybridized carbons (Fsp3) is 0.533. The summed E-state index contributed by atoms with van der Waals surface area (Å²) in [7, 11) is 0. The largest absolute Gasteiger partial charge is 0.352 e. The molecule has 1 fully saturated rings. The molecule has 1 aliphatic carbocycles. The van der Waals surface area contributed by atoms with Crippen LogP contribution in [0.1, 0.15) is 42.1 Å². The summed E-state index contributed by atoms with van der Waals surface area (Å²) < 4.78 is 0. The Hall–Kier alpha value is -0.960. The van der Waals surface area contributed by atoms with Crippen LogP contribution in [0.2, 0.25) is 0 Å². The van der Waals surface area contributed by atoms with E-state index in [0.29, 0.717) is 5.92 Å². The summed E-state index contributed by atoms with van der Waals surface area (Å²) in [6, 6.07) is 5.69. The van der Waals surface area contributed by atoms with Crippen molar-refractivity contribution in [2.75, 3.05) is 6.54 Å². The summed E-state index contributed by atoms with van der Waals surface area (Å²) in [5.41, 5.74) is 1.75. The molecule has 2 rings (SSSR count). The molecule has 0 aromatic heterocycles. The Kier molecular flexibility index (Phi) is 4.33. The van der Waals surface area contributed by atoms with E-state index in [2.05, 4.69) is 24.9 Å². The van der Waals surface area contributed by atoms with Gasteiger partial charge in [-0.3, -0.25) is 4.79 Å². The van der Waals surface area contributed by atoms with Gasteiger partial charge in [0.15, 0.2) is 0 Å². The van der Waals surface area contributed by atoms with Crippen LogP contribution in [0.3, 0.4) is 0 Å². The lowest BCUT2D eigenvalue weighted by Crippen LogP contribution is -2.29. The van der Waals surface area contributed by atoms with Gasteiger partial charge in [-0.15, -0.1) is 12.6 Å². The van der Waals surface area contributed by atoms with Crippen LogP contribution in [0.15, 0.2) is 23.1 Å². The summed E-state index contributed by atoms with van der Waals surface area (Å²) >= 11 is 4.28. The van der Waals surface area contributed by atoms with E-state index in [-0.39, 0.29) is 5.91 Å². The van der Waals surface area contributed by atoms with E-state index in [1.165, 1.54) is 19.3 Å². The van der Waals surface area contributed by atoms with Crippen LogP contribution in [0, 0.1) is 18.8 Å². The smallest absolute Gasteiger partial charge is 0.251 e. The molecule has 0 aliphatic heterocycles. The Balaban J connectivity index is 1.93. The molecule has 3 heteroatoms. The molecule has 1 aliphatic rings. The van der Waals surface area contributed by atoms with Gasteiger partial charge in [-0.1, -0.05) is 19.4 Å². The number of hydrogen-bond donors (Lipinski definition) is 2. The maximum absolute atomic E-state index is 12.1. The Morgan fingerprint density at radius 2 is 2.22 bits per heavy atom. The zero-order valence-corrected chi connectivity index (χ0v) is 12.0. The Morgan fingerprint density at radius 1 is 1.44 bits per heavy atom. The van der Waals surface area contributed by atoms with Crippen molar-refractivity contribution in [2.24, 2.45) is 11.8 Å². The van der Waals surface area contributed by atoms with Gasteiger partial charge in [-0.2, -0.15) is 0 Å². The highest BCUT2D eigenvalue weighted by Crippen LogP contribution is 2.29. The van der Waals surface area contributed by atoms with Crippen molar-refractivity contribution in [3.05, 3.63) is 29.3 Å². The number of benzene rings is 1. The standard InChI is InChI=1S/C15H21NOS/c1-10-3-5-12(7-10)9-16-15(17)14-8-13(18)6-4-11(14)2/h4,6,8,10,12,18H,3,5,7,9H2,1-2H3,(H,16,17). The maximum Gasteiger partial charge on any atom is 0.251 e. The van der Waals surface area contributed by atoms with E-state index in [4.69, 9.17) is 0 Å². The second-order valence-electron chi connectivity index (χ2n) is 5.49. The number of rotatable bonds is 3. The molecule has 0 saturated heterocycles.